The molecule has 0 saturated heterocycles. The van der Waals surface area contributed by atoms with Crippen LogP contribution in [-0.2, 0) is 14.8 Å². The molecule has 0 radical (unpaired) electrons. The summed E-state index contributed by atoms with van der Waals surface area (Å²) in [5.41, 5.74) is 0.224. The molecule has 1 aliphatic rings. The molecule has 10 heteroatoms. The summed E-state index contributed by atoms with van der Waals surface area (Å²) < 4.78 is 57.8. The fourth-order valence-electron chi connectivity index (χ4n) is 2.13. The first-order chi connectivity index (χ1) is 11.8. The number of anilines is 1. The number of ether oxygens (including phenoxy) is 1. The summed E-state index contributed by atoms with van der Waals surface area (Å²) in [6.07, 6.45) is 0. The number of fused-ring (bicyclic) bond motifs is 1. The number of rotatable bonds is 3. The van der Waals surface area contributed by atoms with Gasteiger partial charge >= 0.3 is 0 Å². The van der Waals surface area contributed by atoms with E-state index in [0.29, 0.717) is 17.8 Å². The molecule has 2 N–H and O–H groups in total. The summed E-state index contributed by atoms with van der Waals surface area (Å²) in [6, 6.07) is 5.70. The number of hydrogen-bond acceptors (Lipinski definition) is 5. The molecule has 2 amide bonds. The quantitative estimate of drug-likeness (QED) is 0.853. The molecule has 1 heterocycles. The Morgan fingerprint density at radius 2 is 1.92 bits per heavy atom. The third kappa shape index (κ3) is 3.43. The molecule has 25 heavy (non-hydrogen) atoms. The van der Waals surface area contributed by atoms with Crippen LogP contribution in [0.5, 0.6) is 5.75 Å². The van der Waals surface area contributed by atoms with Gasteiger partial charge in [-0.2, -0.15) is 0 Å². The zero-order valence-corrected chi connectivity index (χ0v) is 13.2. The number of benzene rings is 2. The summed E-state index contributed by atoms with van der Waals surface area (Å²) in [7, 11) is -4.62. The van der Waals surface area contributed by atoms with E-state index < -0.39 is 32.5 Å². The minimum Gasteiger partial charge on any atom is -0.482 e. The van der Waals surface area contributed by atoms with Crippen LogP contribution in [0.1, 0.15) is 10.4 Å². The van der Waals surface area contributed by atoms with Gasteiger partial charge in [0, 0.05) is 5.56 Å². The van der Waals surface area contributed by atoms with Crippen molar-refractivity contribution in [3.8, 4) is 5.75 Å². The van der Waals surface area contributed by atoms with E-state index in [-0.39, 0.29) is 23.8 Å². The van der Waals surface area contributed by atoms with Crippen LogP contribution in [0.2, 0.25) is 0 Å². The Kier molecular flexibility index (Phi) is 4.13. The van der Waals surface area contributed by atoms with E-state index in [2.05, 4.69) is 5.32 Å². The van der Waals surface area contributed by atoms with E-state index >= 15 is 0 Å². The fourth-order valence-corrected chi connectivity index (χ4v) is 3.20. The van der Waals surface area contributed by atoms with Crippen LogP contribution in [0, 0.1) is 11.6 Å². The van der Waals surface area contributed by atoms with Crippen molar-refractivity contribution in [2.24, 2.45) is 0 Å². The third-order valence-electron chi connectivity index (χ3n) is 3.29. The van der Waals surface area contributed by atoms with Crippen molar-refractivity contribution in [2.75, 3.05) is 11.9 Å². The highest BCUT2D eigenvalue weighted by Gasteiger charge is 2.24. The van der Waals surface area contributed by atoms with Gasteiger partial charge in [0.15, 0.2) is 6.61 Å². The maximum atomic E-state index is 13.6. The van der Waals surface area contributed by atoms with Gasteiger partial charge in [0.05, 0.1) is 5.69 Å². The van der Waals surface area contributed by atoms with Crippen molar-refractivity contribution < 1.29 is 31.5 Å². The number of sulfonamides is 1. The third-order valence-corrected chi connectivity index (χ3v) is 4.63. The van der Waals surface area contributed by atoms with Gasteiger partial charge in [-0.25, -0.2) is 21.9 Å². The Balaban J connectivity index is 1.87. The zero-order valence-electron chi connectivity index (χ0n) is 12.4. The van der Waals surface area contributed by atoms with E-state index in [0.717, 1.165) is 6.07 Å². The standard InChI is InChI=1S/C15H10F2N2O5S/c16-9-2-3-10(17)13(6-9)25(22,23)19-15(21)8-1-4-11-12(5-8)24-7-14(20)18-11/h1-6H,7H2,(H,18,20)(H,19,21). The lowest BCUT2D eigenvalue weighted by Gasteiger charge is -2.18. The van der Waals surface area contributed by atoms with Gasteiger partial charge in [-0.1, -0.05) is 0 Å². The van der Waals surface area contributed by atoms with E-state index in [9.17, 15) is 26.8 Å². The number of nitrogens with one attached hydrogen (secondary N) is 2. The van der Waals surface area contributed by atoms with Gasteiger partial charge in [-0.15, -0.1) is 0 Å². The average Bonchev–Trinajstić information content (AvgIpc) is 2.56. The SMILES string of the molecule is O=C1COc2cc(C(=O)NS(=O)(=O)c3cc(F)ccc3F)ccc2N1. The molecular formula is C15H10F2N2O5S. The van der Waals surface area contributed by atoms with Crippen molar-refractivity contribution in [3.05, 3.63) is 53.6 Å². The van der Waals surface area contributed by atoms with Crippen LogP contribution >= 0.6 is 0 Å². The highest BCUT2D eigenvalue weighted by molar-refractivity contribution is 7.90. The molecule has 1 aliphatic heterocycles. The predicted molar refractivity (Wildman–Crippen MR) is 81.6 cm³/mol. The second-order valence-corrected chi connectivity index (χ2v) is 6.71. The Bertz CT molecular complexity index is 991. The molecule has 7 nitrogen and oxygen atoms in total. The lowest BCUT2D eigenvalue weighted by molar-refractivity contribution is -0.118. The number of amides is 2. The lowest BCUT2D eigenvalue weighted by Crippen LogP contribution is -2.31. The Morgan fingerprint density at radius 3 is 2.68 bits per heavy atom. The molecule has 0 spiro atoms. The van der Waals surface area contributed by atoms with Crippen LogP contribution in [0.4, 0.5) is 14.5 Å². The smallest absolute Gasteiger partial charge is 0.267 e. The fraction of sp³-hybridized carbons (Fsp3) is 0.0667. The molecule has 0 bridgehead atoms. The minimum atomic E-state index is -4.62. The molecule has 0 saturated carbocycles. The van der Waals surface area contributed by atoms with E-state index in [1.54, 1.807) is 4.72 Å². The second kappa shape index (κ2) is 6.13. The second-order valence-electron chi connectivity index (χ2n) is 5.06. The van der Waals surface area contributed by atoms with E-state index in [4.69, 9.17) is 4.74 Å². The molecule has 3 rings (SSSR count). The Hall–Kier alpha value is -3.01. The summed E-state index contributed by atoms with van der Waals surface area (Å²) in [6.45, 7) is -0.245. The van der Waals surface area contributed by atoms with Crippen molar-refractivity contribution in [2.45, 2.75) is 4.90 Å². The molecule has 0 aromatic heterocycles. The van der Waals surface area contributed by atoms with Crippen molar-refractivity contribution in [3.63, 3.8) is 0 Å². The molecular weight excluding hydrogens is 358 g/mol. The zero-order chi connectivity index (χ0) is 18.2. The van der Waals surface area contributed by atoms with Crippen LogP contribution in [0.25, 0.3) is 0 Å². The molecule has 0 unspecified atom stereocenters. The average molecular weight is 368 g/mol. The van der Waals surface area contributed by atoms with E-state index in [1.807, 2.05) is 0 Å². The molecule has 2 aromatic rings. The predicted octanol–water partition coefficient (Wildman–Crippen LogP) is 1.41. The van der Waals surface area contributed by atoms with Crippen LogP contribution in [-0.4, -0.2) is 26.8 Å². The van der Waals surface area contributed by atoms with Gasteiger partial charge in [0.25, 0.3) is 21.8 Å². The highest BCUT2D eigenvalue weighted by Crippen LogP contribution is 2.28. The first-order valence-corrected chi connectivity index (χ1v) is 8.33. The first-order valence-electron chi connectivity index (χ1n) is 6.85. The summed E-state index contributed by atoms with van der Waals surface area (Å²) in [4.78, 5) is 22.3. The minimum absolute atomic E-state index is 0.102. The molecule has 0 fully saturated rings. The van der Waals surface area contributed by atoms with Gasteiger partial charge in [0.1, 0.15) is 22.3 Å². The molecule has 2 aromatic carbocycles. The highest BCUT2D eigenvalue weighted by atomic mass is 32.2. The van der Waals surface area contributed by atoms with Gasteiger partial charge in [0.2, 0.25) is 0 Å². The number of halogens is 2. The van der Waals surface area contributed by atoms with Gasteiger partial charge in [-0.3, -0.25) is 9.59 Å². The van der Waals surface area contributed by atoms with Crippen LogP contribution < -0.4 is 14.8 Å². The number of carbonyl (C=O) groups excluding carboxylic acids is 2. The molecule has 0 atom stereocenters. The Labute approximate surface area is 140 Å². The largest absolute Gasteiger partial charge is 0.482 e. The number of carbonyl (C=O) groups is 2. The van der Waals surface area contributed by atoms with E-state index in [1.165, 1.54) is 18.2 Å². The summed E-state index contributed by atoms with van der Waals surface area (Å²) in [5, 5.41) is 2.51. The maximum Gasteiger partial charge on any atom is 0.267 e. The molecule has 0 aliphatic carbocycles. The lowest BCUT2D eigenvalue weighted by atomic mass is 10.1. The van der Waals surface area contributed by atoms with Crippen molar-refractivity contribution in [1.82, 2.24) is 4.72 Å². The number of hydrogen-bond donors (Lipinski definition) is 2. The van der Waals surface area contributed by atoms with Crippen LogP contribution in [0.3, 0.4) is 0 Å². The first kappa shape index (κ1) is 16.8. The van der Waals surface area contributed by atoms with Gasteiger partial charge in [-0.05, 0) is 36.4 Å². The maximum absolute atomic E-state index is 13.6. The van der Waals surface area contributed by atoms with Crippen molar-refractivity contribution >= 4 is 27.5 Å². The van der Waals surface area contributed by atoms with Crippen molar-refractivity contribution in [1.29, 1.82) is 0 Å². The summed E-state index contributed by atoms with van der Waals surface area (Å²) >= 11 is 0. The summed E-state index contributed by atoms with van der Waals surface area (Å²) in [5.74, 6) is -3.41. The van der Waals surface area contributed by atoms with Gasteiger partial charge < -0.3 is 10.1 Å². The van der Waals surface area contributed by atoms with Crippen LogP contribution in [0.15, 0.2) is 41.3 Å². The normalized spacial score (nSPS) is 13.4. The molecule has 130 valence electrons. The monoisotopic (exact) mass is 368 g/mol. The topological polar surface area (TPSA) is 102 Å². The Morgan fingerprint density at radius 1 is 1.16 bits per heavy atom.